The van der Waals surface area contributed by atoms with Crippen LogP contribution in [0.5, 0.6) is 5.75 Å². The van der Waals surface area contributed by atoms with Gasteiger partial charge in [-0.2, -0.15) is 0 Å². The number of H-pyrrole nitrogens is 1. The lowest BCUT2D eigenvalue weighted by Crippen LogP contribution is -2.14. The van der Waals surface area contributed by atoms with Crippen LogP contribution in [-0.2, 0) is 6.42 Å². The summed E-state index contributed by atoms with van der Waals surface area (Å²) < 4.78 is 5.54. The van der Waals surface area contributed by atoms with Crippen molar-refractivity contribution in [1.29, 1.82) is 0 Å². The summed E-state index contributed by atoms with van der Waals surface area (Å²) in [6.07, 6.45) is 3.09. The van der Waals surface area contributed by atoms with E-state index >= 15 is 0 Å². The average Bonchev–Trinajstić information content (AvgIpc) is 2.45. The number of rotatable bonds is 5. The third-order valence-corrected chi connectivity index (χ3v) is 2.90. The van der Waals surface area contributed by atoms with Gasteiger partial charge in [0, 0.05) is 11.1 Å². The van der Waals surface area contributed by atoms with E-state index in [0.29, 0.717) is 18.6 Å². The van der Waals surface area contributed by atoms with E-state index in [4.69, 9.17) is 4.74 Å². The minimum atomic E-state index is -0.0705. The van der Waals surface area contributed by atoms with Gasteiger partial charge in [0.15, 0.2) is 0 Å². The lowest BCUT2D eigenvalue weighted by Gasteiger charge is -2.08. The van der Waals surface area contributed by atoms with Gasteiger partial charge in [0.1, 0.15) is 5.75 Å². The largest absolute Gasteiger partial charge is 0.494 e. The lowest BCUT2D eigenvalue weighted by molar-refractivity contribution is 0.317. The van der Waals surface area contributed by atoms with Gasteiger partial charge in [-0.1, -0.05) is 13.8 Å². The Balaban J connectivity index is 2.32. The molecule has 0 unspecified atom stereocenters. The van der Waals surface area contributed by atoms with Gasteiger partial charge in [0.2, 0.25) is 0 Å². The van der Waals surface area contributed by atoms with Crippen LogP contribution in [0.3, 0.4) is 0 Å². The van der Waals surface area contributed by atoms with Crippen LogP contribution in [0.15, 0.2) is 35.4 Å². The molecule has 0 amide bonds. The number of benzene rings is 1. The molecular weight excluding hydrogens is 240 g/mol. The molecule has 1 aromatic heterocycles. The molecular formula is C15H18N2O2. The number of ether oxygens (including phenoxy) is 1. The van der Waals surface area contributed by atoms with Gasteiger partial charge in [-0.25, -0.2) is 4.98 Å². The van der Waals surface area contributed by atoms with Crippen LogP contribution >= 0.6 is 0 Å². The van der Waals surface area contributed by atoms with Crippen molar-refractivity contribution in [3.05, 3.63) is 46.5 Å². The molecule has 1 N–H and O–H groups in total. The van der Waals surface area contributed by atoms with Crippen LogP contribution in [0, 0.1) is 0 Å². The van der Waals surface area contributed by atoms with Crippen molar-refractivity contribution in [3.8, 4) is 17.0 Å². The summed E-state index contributed by atoms with van der Waals surface area (Å²) >= 11 is 0. The smallest absolute Gasteiger partial charge is 0.254 e. The fourth-order valence-electron chi connectivity index (χ4n) is 1.93. The zero-order valence-corrected chi connectivity index (χ0v) is 11.3. The maximum absolute atomic E-state index is 11.7. The zero-order valence-electron chi connectivity index (χ0n) is 11.3. The summed E-state index contributed by atoms with van der Waals surface area (Å²) in [5.74, 6) is 0.841. The Morgan fingerprint density at radius 1 is 1.21 bits per heavy atom. The first-order chi connectivity index (χ1) is 9.26. The monoisotopic (exact) mass is 258 g/mol. The molecule has 4 nitrogen and oxygen atoms in total. The molecule has 0 atom stereocenters. The topological polar surface area (TPSA) is 55.0 Å². The maximum Gasteiger partial charge on any atom is 0.254 e. The Morgan fingerprint density at radius 3 is 2.58 bits per heavy atom. The van der Waals surface area contributed by atoms with Gasteiger partial charge < -0.3 is 9.72 Å². The van der Waals surface area contributed by atoms with Gasteiger partial charge in [0.25, 0.3) is 5.56 Å². The summed E-state index contributed by atoms with van der Waals surface area (Å²) in [4.78, 5) is 18.6. The molecule has 2 aromatic rings. The average molecular weight is 258 g/mol. The van der Waals surface area contributed by atoms with E-state index in [1.54, 1.807) is 0 Å². The van der Waals surface area contributed by atoms with E-state index in [2.05, 4.69) is 16.9 Å². The quantitative estimate of drug-likeness (QED) is 0.897. The molecule has 19 heavy (non-hydrogen) atoms. The van der Waals surface area contributed by atoms with Crippen molar-refractivity contribution in [2.45, 2.75) is 26.7 Å². The maximum atomic E-state index is 11.7. The van der Waals surface area contributed by atoms with Crippen LogP contribution in [0.4, 0.5) is 0 Å². The Morgan fingerprint density at radius 2 is 1.95 bits per heavy atom. The van der Waals surface area contributed by atoms with E-state index in [0.717, 1.165) is 23.4 Å². The van der Waals surface area contributed by atoms with E-state index in [1.807, 2.05) is 31.2 Å². The molecule has 2 rings (SSSR count). The Labute approximate surface area is 112 Å². The molecule has 0 aliphatic heterocycles. The number of aromatic amines is 1. The fraction of sp³-hybridized carbons (Fsp3) is 0.333. The summed E-state index contributed by atoms with van der Waals surface area (Å²) in [6, 6.07) is 7.69. The van der Waals surface area contributed by atoms with Gasteiger partial charge >= 0.3 is 0 Å². The van der Waals surface area contributed by atoms with Gasteiger partial charge in [0.05, 0.1) is 18.6 Å². The highest BCUT2D eigenvalue weighted by Gasteiger charge is 2.08. The molecule has 1 heterocycles. The highest BCUT2D eigenvalue weighted by molar-refractivity contribution is 5.63. The van der Waals surface area contributed by atoms with E-state index < -0.39 is 0 Å². The third kappa shape index (κ3) is 3.02. The van der Waals surface area contributed by atoms with Crippen molar-refractivity contribution >= 4 is 0 Å². The molecule has 0 bridgehead atoms. The van der Waals surface area contributed by atoms with Crippen LogP contribution in [0.1, 0.15) is 25.8 Å². The molecule has 0 saturated carbocycles. The second-order valence-electron chi connectivity index (χ2n) is 4.29. The van der Waals surface area contributed by atoms with Crippen molar-refractivity contribution in [1.82, 2.24) is 9.97 Å². The van der Waals surface area contributed by atoms with Crippen LogP contribution in [0.2, 0.25) is 0 Å². The molecule has 0 radical (unpaired) electrons. The Hall–Kier alpha value is -2.10. The number of nitrogens with one attached hydrogen (secondary N) is 1. The minimum absolute atomic E-state index is 0.0705. The molecule has 1 aromatic carbocycles. The first-order valence-electron chi connectivity index (χ1n) is 6.56. The normalized spacial score (nSPS) is 10.4. The summed E-state index contributed by atoms with van der Waals surface area (Å²) in [5.41, 5.74) is 2.32. The number of hydrogen-bond acceptors (Lipinski definition) is 3. The minimum Gasteiger partial charge on any atom is -0.494 e. The first kappa shape index (κ1) is 13.3. The van der Waals surface area contributed by atoms with Crippen LogP contribution in [0.25, 0.3) is 11.3 Å². The predicted octanol–water partition coefficient (Wildman–Crippen LogP) is 2.79. The number of hydrogen-bond donors (Lipinski definition) is 1. The first-order valence-corrected chi connectivity index (χ1v) is 6.56. The third-order valence-electron chi connectivity index (χ3n) is 2.90. The van der Waals surface area contributed by atoms with E-state index in [9.17, 15) is 4.79 Å². The molecule has 4 heteroatoms. The zero-order chi connectivity index (χ0) is 13.7. The summed E-state index contributed by atoms with van der Waals surface area (Å²) in [5, 5.41) is 0. The van der Waals surface area contributed by atoms with Gasteiger partial charge in [-0.15, -0.1) is 0 Å². The SMILES string of the molecule is CCCOc1ccc(-c2nc[nH]c(=O)c2CC)cc1. The van der Waals surface area contributed by atoms with Gasteiger partial charge in [-0.3, -0.25) is 4.79 Å². The van der Waals surface area contributed by atoms with Crippen LogP contribution in [-0.4, -0.2) is 16.6 Å². The fourth-order valence-corrected chi connectivity index (χ4v) is 1.93. The second kappa shape index (κ2) is 6.18. The van der Waals surface area contributed by atoms with E-state index in [1.165, 1.54) is 6.33 Å². The second-order valence-corrected chi connectivity index (χ2v) is 4.29. The van der Waals surface area contributed by atoms with Crippen molar-refractivity contribution in [2.75, 3.05) is 6.61 Å². The Bertz CT molecular complexity index is 588. The summed E-state index contributed by atoms with van der Waals surface area (Å²) in [6.45, 7) is 4.74. The van der Waals surface area contributed by atoms with Crippen LogP contribution < -0.4 is 10.3 Å². The van der Waals surface area contributed by atoms with E-state index in [-0.39, 0.29) is 5.56 Å². The lowest BCUT2D eigenvalue weighted by atomic mass is 10.1. The highest BCUT2D eigenvalue weighted by Crippen LogP contribution is 2.22. The molecule has 100 valence electrons. The van der Waals surface area contributed by atoms with Crippen molar-refractivity contribution in [3.63, 3.8) is 0 Å². The van der Waals surface area contributed by atoms with Gasteiger partial charge in [-0.05, 0) is 37.1 Å². The van der Waals surface area contributed by atoms with Crippen molar-refractivity contribution in [2.24, 2.45) is 0 Å². The summed E-state index contributed by atoms with van der Waals surface area (Å²) in [7, 11) is 0. The molecule has 0 spiro atoms. The highest BCUT2D eigenvalue weighted by atomic mass is 16.5. The standard InChI is InChI=1S/C15H18N2O2/c1-3-9-19-12-7-5-11(6-8-12)14-13(4-2)15(18)17-10-16-14/h5-8,10H,3-4,9H2,1-2H3,(H,16,17,18). The predicted molar refractivity (Wildman–Crippen MR) is 75.5 cm³/mol. The number of aromatic nitrogens is 2. The Kier molecular flexibility index (Phi) is 4.34. The molecule has 0 aliphatic rings. The molecule has 0 fully saturated rings. The molecule has 0 saturated heterocycles. The molecule has 0 aliphatic carbocycles. The van der Waals surface area contributed by atoms with Crippen molar-refractivity contribution < 1.29 is 4.74 Å². The number of nitrogens with zero attached hydrogens (tertiary/aromatic N) is 1.